The minimum Gasteiger partial charge on any atom is -0.307 e. The number of halogens is 15. The van der Waals surface area contributed by atoms with E-state index in [4.69, 9.17) is 0 Å². The average molecular weight is 875 g/mol. The molecule has 0 aliphatic carbocycles. The lowest BCUT2D eigenvalue weighted by molar-refractivity contribution is -0.138. The molecule has 0 N–H and O–H groups in total. The van der Waals surface area contributed by atoms with Crippen molar-refractivity contribution in [2.45, 2.75) is 30.9 Å². The van der Waals surface area contributed by atoms with Crippen molar-refractivity contribution >= 4 is 43.6 Å². The Labute approximate surface area is 336 Å². The summed E-state index contributed by atoms with van der Waals surface area (Å²) in [5.74, 6) is 0. The van der Waals surface area contributed by atoms with Crippen LogP contribution < -0.4 is 0 Å². The van der Waals surface area contributed by atoms with Gasteiger partial charge in [0.25, 0.3) is 0 Å². The lowest BCUT2D eigenvalue weighted by Gasteiger charge is -2.21. The van der Waals surface area contributed by atoms with Gasteiger partial charge in [-0.25, -0.2) is 0 Å². The Morgan fingerprint density at radius 1 is 0.355 bits per heavy atom. The van der Waals surface area contributed by atoms with Gasteiger partial charge in [0, 0.05) is 27.1 Å². The van der Waals surface area contributed by atoms with Crippen LogP contribution in [0.15, 0.2) is 103 Å². The predicted molar refractivity (Wildman–Crippen MR) is 195 cm³/mol. The summed E-state index contributed by atoms with van der Waals surface area (Å²) in [4.78, 5) is 0. The molecule has 314 valence electrons. The van der Waals surface area contributed by atoms with Crippen molar-refractivity contribution in [2.24, 2.45) is 0 Å². The monoisotopic (exact) mass is 874 g/mol. The number of hydrogen-bond acceptors (Lipinski definition) is 2. The normalized spacial score (nSPS) is 13.0. The van der Waals surface area contributed by atoms with Crippen molar-refractivity contribution in [2.75, 3.05) is 0 Å². The molecular formula is C43H17F15N4. The van der Waals surface area contributed by atoms with E-state index in [2.05, 4.69) is 0 Å². The predicted octanol–water partition coefficient (Wildman–Crippen LogP) is 14.4. The van der Waals surface area contributed by atoms with E-state index in [9.17, 15) is 76.4 Å². The Kier molecular flexibility index (Phi) is 9.18. The molecule has 2 heterocycles. The van der Waals surface area contributed by atoms with Crippen molar-refractivity contribution in [3.05, 3.63) is 142 Å². The van der Waals surface area contributed by atoms with Gasteiger partial charge >= 0.3 is 30.9 Å². The first-order chi connectivity index (χ1) is 28.8. The highest BCUT2D eigenvalue weighted by atomic mass is 19.4. The smallest absolute Gasteiger partial charge is 0.307 e. The van der Waals surface area contributed by atoms with Gasteiger partial charge in [-0.05, 0) is 84.4 Å². The Morgan fingerprint density at radius 3 is 1.00 bits per heavy atom. The summed E-state index contributed by atoms with van der Waals surface area (Å²) < 4.78 is 216. The van der Waals surface area contributed by atoms with Crippen molar-refractivity contribution < 1.29 is 65.9 Å². The van der Waals surface area contributed by atoms with Crippen LogP contribution in [0.25, 0.3) is 66.1 Å². The van der Waals surface area contributed by atoms with E-state index in [1.165, 1.54) is 6.07 Å². The van der Waals surface area contributed by atoms with Crippen LogP contribution in [0.5, 0.6) is 0 Å². The molecular weight excluding hydrogens is 857 g/mol. The molecule has 0 unspecified atom stereocenters. The fourth-order valence-electron chi connectivity index (χ4n) is 7.54. The second-order valence-corrected chi connectivity index (χ2v) is 14.0. The van der Waals surface area contributed by atoms with Gasteiger partial charge in [0.2, 0.25) is 0 Å². The third kappa shape index (κ3) is 6.96. The summed E-state index contributed by atoms with van der Waals surface area (Å²) in [7, 11) is 0. The minimum absolute atomic E-state index is 0.118. The lowest BCUT2D eigenvalue weighted by Crippen LogP contribution is -2.10. The molecule has 8 rings (SSSR count). The zero-order valence-corrected chi connectivity index (χ0v) is 30.3. The third-order valence-corrected chi connectivity index (χ3v) is 10.3. The number of nitriles is 2. The van der Waals surface area contributed by atoms with E-state index in [1.54, 1.807) is 6.07 Å². The van der Waals surface area contributed by atoms with Gasteiger partial charge in [-0.15, -0.1) is 0 Å². The molecule has 0 spiro atoms. The molecule has 19 heteroatoms. The summed E-state index contributed by atoms with van der Waals surface area (Å²) in [6.45, 7) is 0. The van der Waals surface area contributed by atoms with E-state index in [1.807, 2.05) is 0 Å². The minimum atomic E-state index is -5.11. The molecule has 0 saturated heterocycles. The fourth-order valence-corrected chi connectivity index (χ4v) is 7.54. The van der Waals surface area contributed by atoms with Crippen LogP contribution >= 0.6 is 0 Å². The second-order valence-electron chi connectivity index (χ2n) is 14.0. The second kappa shape index (κ2) is 13.7. The number of nitrogens with zero attached hydrogens (tertiary/aromatic N) is 4. The number of fused-ring (bicyclic) bond motifs is 6. The zero-order valence-electron chi connectivity index (χ0n) is 30.3. The van der Waals surface area contributed by atoms with Crippen molar-refractivity contribution in [1.82, 2.24) is 9.13 Å². The highest BCUT2D eigenvalue weighted by Crippen LogP contribution is 2.46. The number of hydrogen-bond donors (Lipinski definition) is 0. The highest BCUT2D eigenvalue weighted by Gasteiger charge is 2.37. The molecule has 62 heavy (non-hydrogen) atoms. The maximum Gasteiger partial charge on any atom is 0.416 e. The first-order valence-electron chi connectivity index (χ1n) is 17.5. The van der Waals surface area contributed by atoms with Crippen molar-refractivity contribution in [3.63, 3.8) is 0 Å². The summed E-state index contributed by atoms with van der Waals surface area (Å²) in [6.07, 6.45) is -25.4. The molecule has 0 radical (unpaired) electrons. The van der Waals surface area contributed by atoms with Gasteiger partial charge in [0.1, 0.15) is 0 Å². The van der Waals surface area contributed by atoms with E-state index in [-0.39, 0.29) is 21.5 Å². The molecule has 0 aliphatic rings. The van der Waals surface area contributed by atoms with Crippen LogP contribution in [-0.4, -0.2) is 9.13 Å². The first kappa shape index (κ1) is 41.6. The van der Waals surface area contributed by atoms with Gasteiger partial charge < -0.3 is 9.13 Å². The number of benzene rings is 6. The number of aromatic nitrogens is 2. The van der Waals surface area contributed by atoms with Gasteiger partial charge in [-0.3, -0.25) is 0 Å². The summed E-state index contributed by atoms with van der Waals surface area (Å²) >= 11 is 0. The summed E-state index contributed by atoms with van der Waals surface area (Å²) in [5.41, 5.74) is -12.2. The van der Waals surface area contributed by atoms with Crippen LogP contribution in [0.4, 0.5) is 65.9 Å². The average Bonchev–Trinajstić information content (AvgIpc) is 3.69. The van der Waals surface area contributed by atoms with Crippen LogP contribution in [0.3, 0.4) is 0 Å². The first-order valence-corrected chi connectivity index (χ1v) is 17.5. The molecule has 8 aromatic rings. The number of rotatable bonds is 3. The Morgan fingerprint density at radius 2 is 0.694 bits per heavy atom. The fraction of sp³-hybridized carbons (Fsp3) is 0.116. The van der Waals surface area contributed by atoms with E-state index in [0.717, 1.165) is 51.6 Å². The molecule has 0 amide bonds. The quantitative estimate of drug-likeness (QED) is 0.166. The SMILES string of the molecule is N#Cc1cc(-c2cc(-n3c4cc(C(F)(F)F)ccc4c4ccc(C(F)(F)F)cc43)c(-n3c4cc(C(F)(F)F)ccc4c4ccc(C(F)(F)F)cc43)cc2C#N)cc(C(F)(F)F)c1. The van der Waals surface area contributed by atoms with E-state index < -0.39 is 114 Å². The van der Waals surface area contributed by atoms with E-state index >= 15 is 0 Å². The molecule has 0 aliphatic heterocycles. The molecule has 2 aromatic heterocycles. The number of alkyl halides is 15. The maximum atomic E-state index is 14.3. The highest BCUT2D eigenvalue weighted by molar-refractivity contribution is 6.12. The Hall–Kier alpha value is -7.15. The van der Waals surface area contributed by atoms with E-state index in [0.29, 0.717) is 60.7 Å². The van der Waals surface area contributed by atoms with Gasteiger partial charge in [0.15, 0.2) is 0 Å². The summed E-state index contributed by atoms with van der Waals surface area (Å²) in [5, 5.41) is 19.6. The maximum absolute atomic E-state index is 14.3. The molecule has 0 bridgehead atoms. The van der Waals surface area contributed by atoms with Crippen LogP contribution in [0, 0.1) is 22.7 Å². The van der Waals surface area contributed by atoms with Crippen molar-refractivity contribution in [3.8, 4) is 34.6 Å². The standard InChI is InChI=1S/C43H17F15N4/c44-39(45,46)23-1-5-28-29-6-2-24(40(47,48)49)14-34(29)61(33(28)13-23)37-12-22(19-60)32(21-9-20(18-59)10-27(11-21)43(56,57)58)17-38(37)62-35-15-25(41(50,51)52)3-7-30(35)31-8-4-26(16-36(31)62)42(53,54)55/h1-17H. The van der Waals surface area contributed by atoms with Gasteiger partial charge in [-0.1, -0.05) is 24.3 Å². The third-order valence-electron chi connectivity index (χ3n) is 10.3. The van der Waals surface area contributed by atoms with Crippen molar-refractivity contribution in [1.29, 1.82) is 10.5 Å². The van der Waals surface area contributed by atoms with Crippen LogP contribution in [-0.2, 0) is 30.9 Å². The van der Waals surface area contributed by atoms with Crippen LogP contribution in [0.1, 0.15) is 38.9 Å². The van der Waals surface area contributed by atoms with Crippen LogP contribution in [0.2, 0.25) is 0 Å². The van der Waals surface area contributed by atoms with Gasteiger partial charge in [-0.2, -0.15) is 76.4 Å². The molecule has 0 atom stereocenters. The summed E-state index contributed by atoms with van der Waals surface area (Å²) in [6, 6.07) is 15.1. The molecule has 6 aromatic carbocycles. The zero-order chi connectivity index (χ0) is 45.1. The van der Waals surface area contributed by atoms with Gasteiger partial charge in [0.05, 0.1) is 84.5 Å². The largest absolute Gasteiger partial charge is 0.416 e. The molecule has 4 nitrogen and oxygen atoms in total. The lowest BCUT2D eigenvalue weighted by atomic mass is 9.94. The molecule has 0 fully saturated rings. The Bertz CT molecular complexity index is 3110. The topological polar surface area (TPSA) is 57.4 Å². The Balaban J connectivity index is 1.65. The molecule has 0 saturated carbocycles.